The van der Waals surface area contributed by atoms with Gasteiger partial charge in [-0.3, -0.25) is 9.56 Å². The molecule has 0 radical (unpaired) electrons. The maximum Gasteiger partial charge on any atom is 0.206 e. The van der Waals surface area contributed by atoms with Crippen molar-refractivity contribution in [2.75, 3.05) is 32.1 Å². The SMILES string of the molecule is CCOP(=O)(CC1CCCCC1)CC1CN=C(Cc2ccc(I)cc2)CO1. The van der Waals surface area contributed by atoms with Crippen molar-refractivity contribution in [3.8, 4) is 0 Å². The number of ether oxygens (including phenoxy) is 1. The number of hydrogen-bond acceptors (Lipinski definition) is 4. The van der Waals surface area contributed by atoms with E-state index < -0.39 is 7.37 Å². The van der Waals surface area contributed by atoms with Gasteiger partial charge in [0.15, 0.2) is 0 Å². The van der Waals surface area contributed by atoms with Gasteiger partial charge in [0.2, 0.25) is 7.37 Å². The molecule has 6 heteroatoms. The van der Waals surface area contributed by atoms with E-state index in [2.05, 4.69) is 46.9 Å². The van der Waals surface area contributed by atoms with Crippen LogP contribution in [0.15, 0.2) is 29.3 Å². The van der Waals surface area contributed by atoms with Crippen molar-refractivity contribution in [2.24, 2.45) is 10.9 Å². The second-order valence-electron chi connectivity index (χ2n) is 7.74. The van der Waals surface area contributed by atoms with Crippen LogP contribution in [0.3, 0.4) is 0 Å². The monoisotopic (exact) mass is 503 g/mol. The fourth-order valence-electron chi connectivity index (χ4n) is 4.09. The first-order chi connectivity index (χ1) is 13.1. The smallest absolute Gasteiger partial charge is 0.206 e. The summed E-state index contributed by atoms with van der Waals surface area (Å²) in [7, 11) is -2.64. The van der Waals surface area contributed by atoms with Crippen LogP contribution >= 0.6 is 30.0 Å². The largest absolute Gasteiger partial charge is 0.370 e. The molecule has 0 spiro atoms. The normalized spacial score (nSPS) is 23.6. The molecule has 1 fully saturated rings. The molecule has 1 heterocycles. The first-order valence-electron chi connectivity index (χ1n) is 10.2. The summed E-state index contributed by atoms with van der Waals surface area (Å²) < 4.78 is 26.5. The van der Waals surface area contributed by atoms with Crippen molar-refractivity contribution in [3.05, 3.63) is 33.4 Å². The van der Waals surface area contributed by atoms with Crippen LogP contribution in [0.25, 0.3) is 0 Å². The van der Waals surface area contributed by atoms with Gasteiger partial charge in [-0.05, 0) is 66.0 Å². The minimum atomic E-state index is -2.64. The van der Waals surface area contributed by atoms with Gasteiger partial charge in [0.25, 0.3) is 0 Å². The molecule has 0 bridgehead atoms. The van der Waals surface area contributed by atoms with Gasteiger partial charge in [-0.1, -0.05) is 31.4 Å². The molecule has 0 aromatic heterocycles. The van der Waals surface area contributed by atoms with E-state index in [9.17, 15) is 4.57 Å². The van der Waals surface area contributed by atoms with Crippen LogP contribution in [-0.2, 0) is 20.2 Å². The quantitative estimate of drug-likeness (QED) is 0.345. The van der Waals surface area contributed by atoms with Crippen molar-refractivity contribution in [3.63, 3.8) is 0 Å². The average Bonchev–Trinajstić information content (AvgIpc) is 2.66. The minimum absolute atomic E-state index is 0.0774. The van der Waals surface area contributed by atoms with E-state index in [-0.39, 0.29) is 6.10 Å². The Kier molecular flexibility index (Phi) is 8.37. The van der Waals surface area contributed by atoms with Gasteiger partial charge >= 0.3 is 0 Å². The zero-order chi connectivity index (χ0) is 19.1. The van der Waals surface area contributed by atoms with Gasteiger partial charge in [0, 0.05) is 21.9 Å². The third-order valence-corrected chi connectivity index (χ3v) is 8.92. The number of nitrogens with zero attached hydrogens (tertiary/aromatic N) is 1. The summed E-state index contributed by atoms with van der Waals surface area (Å²) in [4.78, 5) is 4.73. The number of halogens is 1. The molecule has 4 nitrogen and oxygen atoms in total. The van der Waals surface area contributed by atoms with Crippen LogP contribution in [0.4, 0.5) is 0 Å². The predicted octanol–water partition coefficient (Wildman–Crippen LogP) is 5.57. The zero-order valence-electron chi connectivity index (χ0n) is 16.2. The Hall–Kier alpha value is -0.230. The molecule has 0 amide bonds. The molecule has 2 unspecified atom stereocenters. The second kappa shape index (κ2) is 10.5. The van der Waals surface area contributed by atoms with Crippen LogP contribution in [0.2, 0.25) is 0 Å². The lowest BCUT2D eigenvalue weighted by Gasteiger charge is -2.30. The predicted molar refractivity (Wildman–Crippen MR) is 120 cm³/mol. The molecule has 1 aliphatic heterocycles. The Bertz CT molecular complexity index is 671. The van der Waals surface area contributed by atoms with E-state index in [0.29, 0.717) is 31.8 Å². The lowest BCUT2D eigenvalue weighted by molar-refractivity contribution is 0.0922. The van der Waals surface area contributed by atoms with Gasteiger partial charge in [0.05, 0.1) is 32.0 Å². The molecule has 1 aromatic rings. The Morgan fingerprint density at radius 1 is 1.19 bits per heavy atom. The van der Waals surface area contributed by atoms with E-state index >= 15 is 0 Å². The fourth-order valence-corrected chi connectivity index (χ4v) is 7.27. The molecular formula is C21H31INO3P. The molecule has 0 saturated heterocycles. The van der Waals surface area contributed by atoms with E-state index in [1.54, 1.807) is 0 Å². The summed E-state index contributed by atoms with van der Waals surface area (Å²) in [5.74, 6) is 0.555. The lowest BCUT2D eigenvalue weighted by Crippen LogP contribution is -2.32. The van der Waals surface area contributed by atoms with Crippen molar-refractivity contribution in [2.45, 2.75) is 51.6 Å². The second-order valence-corrected chi connectivity index (χ2v) is 11.6. The maximum atomic E-state index is 13.4. The fraction of sp³-hybridized carbons (Fsp3) is 0.667. The van der Waals surface area contributed by atoms with Gasteiger partial charge in [-0.2, -0.15) is 0 Å². The summed E-state index contributed by atoms with van der Waals surface area (Å²) in [5, 5.41) is 0. The molecule has 3 rings (SSSR count). The van der Waals surface area contributed by atoms with Crippen LogP contribution in [0.1, 0.15) is 44.6 Å². The third kappa shape index (κ3) is 6.95. The molecule has 2 aliphatic rings. The number of aliphatic imine (C=N–C) groups is 1. The molecule has 1 aromatic carbocycles. The average molecular weight is 503 g/mol. The summed E-state index contributed by atoms with van der Waals surface area (Å²) >= 11 is 2.32. The van der Waals surface area contributed by atoms with Gasteiger partial charge in [-0.25, -0.2) is 0 Å². The van der Waals surface area contributed by atoms with Gasteiger partial charge < -0.3 is 9.26 Å². The molecule has 1 saturated carbocycles. The van der Waals surface area contributed by atoms with E-state index in [1.807, 2.05) is 6.92 Å². The lowest BCUT2D eigenvalue weighted by atomic mass is 9.91. The standard InChI is InChI=1S/C21H31INO3P/c1-2-26-27(24,15-18-6-4-3-5-7-18)16-21-13-23-20(14-25-21)12-17-8-10-19(22)11-9-17/h8-11,18,21H,2-7,12-16H2,1H3. The summed E-state index contributed by atoms with van der Waals surface area (Å²) in [6.45, 7) is 3.58. The van der Waals surface area contributed by atoms with Crippen molar-refractivity contribution in [1.29, 1.82) is 0 Å². The number of rotatable bonds is 8. The van der Waals surface area contributed by atoms with E-state index in [0.717, 1.165) is 18.3 Å². The summed E-state index contributed by atoms with van der Waals surface area (Å²) in [6, 6.07) is 8.52. The number of hydrogen-bond donors (Lipinski definition) is 0. The Morgan fingerprint density at radius 2 is 1.93 bits per heavy atom. The Balaban J connectivity index is 1.54. The van der Waals surface area contributed by atoms with Crippen molar-refractivity contribution < 1.29 is 13.8 Å². The van der Waals surface area contributed by atoms with Crippen LogP contribution in [0, 0.1) is 9.49 Å². The Labute approximate surface area is 177 Å². The molecule has 1 aliphatic carbocycles. The zero-order valence-corrected chi connectivity index (χ0v) is 19.3. The molecule has 27 heavy (non-hydrogen) atoms. The molecule has 0 N–H and O–H groups in total. The Morgan fingerprint density at radius 3 is 2.56 bits per heavy atom. The maximum absolute atomic E-state index is 13.4. The number of benzene rings is 1. The van der Waals surface area contributed by atoms with Crippen LogP contribution < -0.4 is 0 Å². The first-order valence-corrected chi connectivity index (χ1v) is 13.2. The van der Waals surface area contributed by atoms with E-state index in [1.165, 1.54) is 41.2 Å². The van der Waals surface area contributed by atoms with Crippen LogP contribution in [-0.4, -0.2) is 43.9 Å². The molecular weight excluding hydrogens is 472 g/mol. The highest BCUT2D eigenvalue weighted by Gasteiger charge is 2.32. The highest BCUT2D eigenvalue weighted by atomic mass is 127. The summed E-state index contributed by atoms with van der Waals surface area (Å²) in [5.41, 5.74) is 2.33. The van der Waals surface area contributed by atoms with Gasteiger partial charge in [-0.15, -0.1) is 0 Å². The molecule has 150 valence electrons. The highest BCUT2D eigenvalue weighted by molar-refractivity contribution is 14.1. The van der Waals surface area contributed by atoms with Crippen molar-refractivity contribution in [1.82, 2.24) is 0 Å². The van der Waals surface area contributed by atoms with Crippen LogP contribution in [0.5, 0.6) is 0 Å². The van der Waals surface area contributed by atoms with E-state index in [4.69, 9.17) is 14.3 Å². The third-order valence-electron chi connectivity index (χ3n) is 5.43. The van der Waals surface area contributed by atoms with Crippen molar-refractivity contribution >= 4 is 35.7 Å². The van der Waals surface area contributed by atoms with Gasteiger partial charge in [0.1, 0.15) is 0 Å². The minimum Gasteiger partial charge on any atom is -0.370 e. The first kappa shape index (κ1) is 21.5. The topological polar surface area (TPSA) is 47.9 Å². The molecule has 2 atom stereocenters. The highest BCUT2D eigenvalue weighted by Crippen LogP contribution is 2.51. The summed E-state index contributed by atoms with van der Waals surface area (Å²) in [6.07, 6.45) is 8.23.